The Hall–Kier alpha value is -3.02. The molecular weight excluding hydrogens is 356 g/mol. The van der Waals surface area contributed by atoms with Gasteiger partial charge in [0.05, 0.1) is 12.3 Å². The molecule has 27 heavy (non-hydrogen) atoms. The molecular formula is C22H18N2O2S. The number of fused-ring (bicyclic) bond motifs is 1. The van der Waals surface area contributed by atoms with Crippen molar-refractivity contribution in [3.8, 4) is 11.3 Å². The van der Waals surface area contributed by atoms with Crippen molar-refractivity contribution >= 4 is 33.1 Å². The maximum Gasteiger partial charge on any atom is 0.257 e. The number of rotatable bonds is 5. The van der Waals surface area contributed by atoms with Gasteiger partial charge in [-0.05, 0) is 28.5 Å². The van der Waals surface area contributed by atoms with Gasteiger partial charge >= 0.3 is 0 Å². The molecule has 4 aromatic rings. The van der Waals surface area contributed by atoms with Gasteiger partial charge in [-0.25, -0.2) is 4.98 Å². The molecule has 1 amide bonds. The van der Waals surface area contributed by atoms with E-state index >= 15 is 0 Å². The smallest absolute Gasteiger partial charge is 0.257 e. The van der Waals surface area contributed by atoms with Crippen LogP contribution in [0.15, 0.2) is 72.1 Å². The third-order valence-corrected chi connectivity index (χ3v) is 5.05. The number of hydrogen-bond acceptors (Lipinski definition) is 4. The average Bonchev–Trinajstić information content (AvgIpc) is 3.16. The van der Waals surface area contributed by atoms with E-state index in [1.54, 1.807) is 13.2 Å². The number of amides is 1. The van der Waals surface area contributed by atoms with E-state index in [0.717, 1.165) is 22.2 Å². The molecule has 0 fully saturated rings. The average molecular weight is 374 g/mol. The number of anilines is 1. The number of methoxy groups -OCH3 is 1. The van der Waals surface area contributed by atoms with E-state index in [-0.39, 0.29) is 5.91 Å². The molecule has 1 aromatic heterocycles. The minimum absolute atomic E-state index is 0.174. The van der Waals surface area contributed by atoms with Crippen molar-refractivity contribution in [3.63, 3.8) is 0 Å². The lowest BCUT2D eigenvalue weighted by atomic mass is 10.0. The Bertz CT molecular complexity index is 1100. The summed E-state index contributed by atoms with van der Waals surface area (Å²) in [7, 11) is 1.64. The summed E-state index contributed by atoms with van der Waals surface area (Å²) in [5.41, 5.74) is 3.47. The van der Waals surface area contributed by atoms with Crippen LogP contribution >= 0.6 is 11.3 Å². The van der Waals surface area contributed by atoms with Gasteiger partial charge < -0.3 is 4.74 Å². The molecule has 0 unspecified atom stereocenters. The molecule has 1 heterocycles. The number of thiazole rings is 1. The molecule has 0 bridgehead atoms. The van der Waals surface area contributed by atoms with Gasteiger partial charge in [0.25, 0.3) is 5.91 Å². The number of nitrogens with zero attached hydrogens (tertiary/aromatic N) is 1. The standard InChI is InChI=1S/C22H18N2O2S/c1-26-13-15-6-4-9-17(12-15)21(25)24-22-23-20(14-27-22)19-11-5-8-16-7-2-3-10-18(16)19/h2-12,14H,13H2,1H3,(H,23,24,25). The van der Waals surface area contributed by atoms with Crippen molar-refractivity contribution in [1.82, 2.24) is 4.98 Å². The molecule has 5 heteroatoms. The number of ether oxygens (including phenoxy) is 1. The highest BCUT2D eigenvalue weighted by Crippen LogP contribution is 2.31. The molecule has 0 saturated heterocycles. The normalized spacial score (nSPS) is 10.9. The van der Waals surface area contributed by atoms with Crippen LogP contribution in [-0.4, -0.2) is 18.0 Å². The predicted molar refractivity (Wildman–Crippen MR) is 110 cm³/mol. The Morgan fingerprint density at radius 2 is 1.89 bits per heavy atom. The van der Waals surface area contributed by atoms with Crippen LogP contribution < -0.4 is 5.32 Å². The van der Waals surface area contributed by atoms with Gasteiger partial charge in [-0.3, -0.25) is 10.1 Å². The fourth-order valence-electron chi connectivity index (χ4n) is 3.04. The van der Waals surface area contributed by atoms with E-state index in [1.807, 2.05) is 41.8 Å². The highest BCUT2D eigenvalue weighted by Gasteiger charge is 2.12. The summed E-state index contributed by atoms with van der Waals surface area (Å²) in [6.45, 7) is 0.476. The first kappa shape index (κ1) is 17.4. The van der Waals surface area contributed by atoms with Crippen LogP contribution in [0.2, 0.25) is 0 Å². The Kier molecular flexibility index (Phi) is 4.96. The van der Waals surface area contributed by atoms with E-state index < -0.39 is 0 Å². The first-order valence-corrected chi connectivity index (χ1v) is 9.45. The molecule has 134 valence electrons. The molecule has 1 N–H and O–H groups in total. The van der Waals surface area contributed by atoms with Crippen molar-refractivity contribution in [3.05, 3.63) is 83.2 Å². The first-order valence-electron chi connectivity index (χ1n) is 8.57. The lowest BCUT2D eigenvalue weighted by Gasteiger charge is -2.05. The van der Waals surface area contributed by atoms with Crippen LogP contribution in [0.3, 0.4) is 0 Å². The Morgan fingerprint density at radius 3 is 2.78 bits per heavy atom. The van der Waals surface area contributed by atoms with Gasteiger partial charge in [-0.1, -0.05) is 54.6 Å². The second-order valence-electron chi connectivity index (χ2n) is 6.15. The number of nitrogens with one attached hydrogen (secondary N) is 1. The van der Waals surface area contributed by atoms with Crippen LogP contribution in [0.4, 0.5) is 5.13 Å². The largest absolute Gasteiger partial charge is 0.380 e. The Morgan fingerprint density at radius 1 is 1.07 bits per heavy atom. The van der Waals surface area contributed by atoms with Crippen molar-refractivity contribution in [2.24, 2.45) is 0 Å². The van der Waals surface area contributed by atoms with E-state index in [4.69, 9.17) is 4.74 Å². The van der Waals surface area contributed by atoms with Crippen molar-refractivity contribution in [1.29, 1.82) is 0 Å². The summed E-state index contributed by atoms with van der Waals surface area (Å²) < 4.78 is 5.13. The van der Waals surface area contributed by atoms with Gasteiger partial charge in [-0.15, -0.1) is 11.3 Å². The van der Waals surface area contributed by atoms with Gasteiger partial charge in [0, 0.05) is 23.6 Å². The summed E-state index contributed by atoms with van der Waals surface area (Å²) in [5.74, 6) is -0.174. The predicted octanol–water partition coefficient (Wildman–Crippen LogP) is 5.36. The lowest BCUT2D eigenvalue weighted by molar-refractivity contribution is 0.102. The second kappa shape index (κ2) is 7.70. The number of carbonyl (C=O) groups excluding carboxylic acids is 1. The minimum atomic E-state index is -0.174. The topological polar surface area (TPSA) is 51.2 Å². The van der Waals surface area contributed by atoms with Crippen LogP contribution in [0.5, 0.6) is 0 Å². The minimum Gasteiger partial charge on any atom is -0.380 e. The summed E-state index contributed by atoms with van der Waals surface area (Å²) in [4.78, 5) is 17.2. The third kappa shape index (κ3) is 3.74. The van der Waals surface area contributed by atoms with Crippen LogP contribution in [0.1, 0.15) is 15.9 Å². The summed E-state index contributed by atoms with van der Waals surface area (Å²) in [6, 6.07) is 21.8. The summed E-state index contributed by atoms with van der Waals surface area (Å²) in [6.07, 6.45) is 0. The highest BCUT2D eigenvalue weighted by atomic mass is 32.1. The fourth-order valence-corrected chi connectivity index (χ4v) is 3.75. The zero-order chi connectivity index (χ0) is 18.6. The van der Waals surface area contributed by atoms with Crippen LogP contribution in [-0.2, 0) is 11.3 Å². The van der Waals surface area contributed by atoms with Crippen molar-refractivity contribution in [2.75, 3.05) is 12.4 Å². The molecule has 0 atom stereocenters. The Labute approximate surface area is 161 Å². The Balaban J connectivity index is 1.58. The van der Waals surface area contributed by atoms with Crippen molar-refractivity contribution in [2.45, 2.75) is 6.61 Å². The van der Waals surface area contributed by atoms with E-state index in [9.17, 15) is 4.79 Å². The maximum absolute atomic E-state index is 12.5. The van der Waals surface area contributed by atoms with Gasteiger partial charge in [-0.2, -0.15) is 0 Å². The molecule has 0 radical (unpaired) electrons. The maximum atomic E-state index is 12.5. The number of carbonyl (C=O) groups is 1. The molecule has 0 spiro atoms. The molecule has 0 saturated carbocycles. The molecule has 4 rings (SSSR count). The molecule has 3 aromatic carbocycles. The number of benzene rings is 3. The van der Waals surface area contributed by atoms with E-state index in [0.29, 0.717) is 17.3 Å². The van der Waals surface area contributed by atoms with E-state index in [1.165, 1.54) is 16.7 Å². The molecule has 0 aliphatic rings. The monoisotopic (exact) mass is 374 g/mol. The number of hydrogen-bond donors (Lipinski definition) is 1. The first-order chi connectivity index (χ1) is 13.2. The summed E-state index contributed by atoms with van der Waals surface area (Å²) >= 11 is 1.42. The van der Waals surface area contributed by atoms with Crippen LogP contribution in [0, 0.1) is 0 Å². The zero-order valence-corrected chi connectivity index (χ0v) is 15.6. The summed E-state index contributed by atoms with van der Waals surface area (Å²) in [5, 5.41) is 7.77. The van der Waals surface area contributed by atoms with Gasteiger partial charge in [0.15, 0.2) is 5.13 Å². The second-order valence-corrected chi connectivity index (χ2v) is 7.01. The third-order valence-electron chi connectivity index (χ3n) is 4.29. The van der Waals surface area contributed by atoms with Gasteiger partial charge in [0.2, 0.25) is 0 Å². The van der Waals surface area contributed by atoms with Gasteiger partial charge in [0.1, 0.15) is 0 Å². The van der Waals surface area contributed by atoms with E-state index in [2.05, 4.69) is 34.6 Å². The van der Waals surface area contributed by atoms with Crippen molar-refractivity contribution < 1.29 is 9.53 Å². The lowest BCUT2D eigenvalue weighted by Crippen LogP contribution is -2.12. The fraction of sp³-hybridized carbons (Fsp3) is 0.0909. The number of aromatic nitrogens is 1. The highest BCUT2D eigenvalue weighted by molar-refractivity contribution is 7.14. The molecule has 0 aliphatic heterocycles. The SMILES string of the molecule is COCc1cccc(C(=O)Nc2nc(-c3cccc4ccccc34)cs2)c1. The van der Waals surface area contributed by atoms with Crippen LogP contribution in [0.25, 0.3) is 22.0 Å². The zero-order valence-electron chi connectivity index (χ0n) is 14.8. The molecule has 4 nitrogen and oxygen atoms in total. The quantitative estimate of drug-likeness (QED) is 0.511. The molecule has 0 aliphatic carbocycles.